The van der Waals surface area contributed by atoms with Crippen LogP contribution in [0.2, 0.25) is 0 Å². The molecule has 12 nitrogen and oxygen atoms in total. The minimum absolute atomic E-state index is 0.342. The molecule has 0 saturated carbocycles. The third-order valence-electron chi connectivity index (χ3n) is 7.55. The maximum atomic E-state index is 10.4. The van der Waals surface area contributed by atoms with Crippen LogP contribution < -0.4 is 10.2 Å². The molecule has 7 rings (SSSR count). The molecule has 2 aliphatic heterocycles. The standard InChI is InChI=1S/C28H30N10O2/c39-22-2-1-8-36(17-22)24-13-26(30-15-23(24)20-14-32-38(16-20)21-5-10-40-11-6-21)34-25-3-7-29-28(35-25)19-4-9-37-27(12-19)31-18-33-37/h3-4,7,9,12-16,18,21-22,39H,1-2,5-6,8,10-11,17H2,(H,29,30,34,35)/t22-/m0/s1. The first-order valence-corrected chi connectivity index (χ1v) is 13.6. The Bertz CT molecular complexity index is 1630. The summed E-state index contributed by atoms with van der Waals surface area (Å²) >= 11 is 0. The van der Waals surface area contributed by atoms with Crippen molar-refractivity contribution in [2.45, 2.75) is 37.8 Å². The van der Waals surface area contributed by atoms with E-state index in [1.807, 2.05) is 42.9 Å². The highest BCUT2D eigenvalue weighted by Crippen LogP contribution is 2.35. The molecule has 0 amide bonds. The van der Waals surface area contributed by atoms with E-state index in [1.54, 1.807) is 10.7 Å². The van der Waals surface area contributed by atoms with Crippen LogP contribution in [0.5, 0.6) is 0 Å². The van der Waals surface area contributed by atoms with Crippen molar-refractivity contribution in [1.82, 2.24) is 39.3 Å². The SMILES string of the molecule is O[C@H]1CCCN(c2cc(Nc3ccnc(-c4ccn5ncnc5c4)n3)ncc2-c2cnn(C3CCOCC3)c2)C1. The number of rotatable bonds is 6. The lowest BCUT2D eigenvalue weighted by Gasteiger charge is -2.33. The minimum Gasteiger partial charge on any atom is -0.391 e. The van der Waals surface area contributed by atoms with E-state index in [1.165, 1.54) is 6.33 Å². The van der Waals surface area contributed by atoms with Crippen LogP contribution in [0.3, 0.4) is 0 Å². The molecular formula is C28H30N10O2. The molecule has 5 aromatic rings. The van der Waals surface area contributed by atoms with Gasteiger partial charge in [0.25, 0.3) is 0 Å². The predicted molar refractivity (Wildman–Crippen MR) is 149 cm³/mol. The van der Waals surface area contributed by atoms with Crippen molar-refractivity contribution in [3.8, 4) is 22.5 Å². The fourth-order valence-electron chi connectivity index (χ4n) is 5.45. The number of nitrogens with zero attached hydrogens (tertiary/aromatic N) is 9. The lowest BCUT2D eigenvalue weighted by Crippen LogP contribution is -2.38. The van der Waals surface area contributed by atoms with E-state index in [-0.39, 0.29) is 6.10 Å². The number of piperidine rings is 1. The zero-order valence-corrected chi connectivity index (χ0v) is 22.0. The first-order valence-electron chi connectivity index (χ1n) is 13.6. The van der Waals surface area contributed by atoms with Crippen LogP contribution in [0.15, 0.2) is 61.6 Å². The highest BCUT2D eigenvalue weighted by molar-refractivity contribution is 5.80. The van der Waals surface area contributed by atoms with Crippen molar-refractivity contribution in [2.75, 3.05) is 36.5 Å². The number of β-amino-alcohol motifs (C(OH)–C–C–N with tert-alkyl or cyclic N) is 1. The number of hydrogen-bond acceptors (Lipinski definition) is 10. The highest BCUT2D eigenvalue weighted by atomic mass is 16.5. The van der Waals surface area contributed by atoms with Crippen molar-refractivity contribution < 1.29 is 9.84 Å². The number of ether oxygens (including phenoxy) is 1. The minimum atomic E-state index is -0.358. The molecule has 2 saturated heterocycles. The second kappa shape index (κ2) is 10.6. The maximum absolute atomic E-state index is 10.4. The Kier molecular flexibility index (Phi) is 6.54. The number of aromatic nitrogens is 8. The Hall–Kier alpha value is -4.42. The monoisotopic (exact) mass is 538 g/mol. The Labute approximate surface area is 230 Å². The second-order valence-electron chi connectivity index (χ2n) is 10.3. The van der Waals surface area contributed by atoms with Crippen LogP contribution >= 0.6 is 0 Å². The molecule has 0 spiro atoms. The molecule has 5 aromatic heterocycles. The van der Waals surface area contributed by atoms with Gasteiger partial charge in [-0.05, 0) is 43.9 Å². The van der Waals surface area contributed by atoms with Crippen molar-refractivity contribution in [3.05, 3.63) is 61.6 Å². The molecule has 40 heavy (non-hydrogen) atoms. The normalized spacial score (nSPS) is 18.3. The van der Waals surface area contributed by atoms with Crippen molar-refractivity contribution in [2.24, 2.45) is 0 Å². The number of fused-ring (bicyclic) bond motifs is 1. The van der Waals surface area contributed by atoms with E-state index >= 15 is 0 Å². The number of nitrogens with one attached hydrogen (secondary N) is 1. The molecule has 0 aliphatic carbocycles. The van der Waals surface area contributed by atoms with Gasteiger partial charge in [-0.3, -0.25) is 4.68 Å². The predicted octanol–water partition coefficient (Wildman–Crippen LogP) is 3.50. The molecule has 2 N–H and O–H groups in total. The number of pyridine rings is 2. The first-order chi connectivity index (χ1) is 19.7. The van der Waals surface area contributed by atoms with Crippen molar-refractivity contribution in [3.63, 3.8) is 0 Å². The van der Waals surface area contributed by atoms with Gasteiger partial charge in [-0.15, -0.1) is 0 Å². The summed E-state index contributed by atoms with van der Waals surface area (Å²) in [6.07, 6.45) is 14.3. The second-order valence-corrected chi connectivity index (χ2v) is 10.3. The summed E-state index contributed by atoms with van der Waals surface area (Å²) in [5.74, 6) is 1.86. The first kappa shape index (κ1) is 24.6. The van der Waals surface area contributed by atoms with Gasteiger partial charge in [0.1, 0.15) is 18.0 Å². The van der Waals surface area contributed by atoms with Crippen molar-refractivity contribution >= 4 is 23.0 Å². The third kappa shape index (κ3) is 4.98. The molecule has 0 radical (unpaired) electrons. The lowest BCUT2D eigenvalue weighted by atomic mass is 10.0. The summed E-state index contributed by atoms with van der Waals surface area (Å²) < 4.78 is 9.28. The number of anilines is 3. The molecule has 2 fully saturated rings. The van der Waals surface area contributed by atoms with Crippen LogP contribution in [0.4, 0.5) is 17.3 Å². The topological polar surface area (TPSA) is 131 Å². The quantitative estimate of drug-likeness (QED) is 0.331. The third-order valence-corrected chi connectivity index (χ3v) is 7.55. The molecule has 1 atom stereocenters. The van der Waals surface area contributed by atoms with E-state index in [9.17, 15) is 5.11 Å². The molecule has 0 unspecified atom stereocenters. The summed E-state index contributed by atoms with van der Waals surface area (Å²) in [5.41, 5.74) is 4.58. The zero-order valence-electron chi connectivity index (χ0n) is 22.0. The molecular weight excluding hydrogens is 508 g/mol. The van der Waals surface area contributed by atoms with Gasteiger partial charge in [-0.25, -0.2) is 24.5 Å². The van der Waals surface area contributed by atoms with Gasteiger partial charge < -0.3 is 20.1 Å². The molecule has 7 heterocycles. The van der Waals surface area contributed by atoms with Crippen LogP contribution in [0.1, 0.15) is 31.7 Å². The summed E-state index contributed by atoms with van der Waals surface area (Å²) in [6, 6.07) is 8.00. The van der Waals surface area contributed by atoms with E-state index in [2.05, 4.69) is 41.3 Å². The number of aliphatic hydroxyl groups is 1. The van der Waals surface area contributed by atoms with Gasteiger partial charge in [0.15, 0.2) is 11.5 Å². The van der Waals surface area contributed by atoms with Gasteiger partial charge in [0.05, 0.1) is 24.0 Å². The van der Waals surface area contributed by atoms with E-state index in [4.69, 9.17) is 14.7 Å². The molecule has 2 aliphatic rings. The average molecular weight is 539 g/mol. The van der Waals surface area contributed by atoms with Crippen LogP contribution in [0, 0.1) is 0 Å². The molecule has 0 aromatic carbocycles. The number of hydrogen-bond donors (Lipinski definition) is 2. The van der Waals surface area contributed by atoms with Gasteiger partial charge in [0.2, 0.25) is 0 Å². The Morgan fingerprint density at radius 3 is 2.77 bits per heavy atom. The van der Waals surface area contributed by atoms with Gasteiger partial charge in [0, 0.05) is 73.8 Å². The summed E-state index contributed by atoms with van der Waals surface area (Å²) in [5, 5.41) is 22.6. The Morgan fingerprint density at radius 2 is 1.88 bits per heavy atom. The van der Waals surface area contributed by atoms with Gasteiger partial charge in [-0.1, -0.05) is 0 Å². The van der Waals surface area contributed by atoms with Crippen molar-refractivity contribution in [1.29, 1.82) is 0 Å². The maximum Gasteiger partial charge on any atom is 0.161 e. The average Bonchev–Trinajstić information content (AvgIpc) is 3.68. The number of aliphatic hydroxyl groups excluding tert-OH is 1. The van der Waals surface area contributed by atoms with E-state index < -0.39 is 0 Å². The largest absolute Gasteiger partial charge is 0.391 e. The van der Waals surface area contributed by atoms with Crippen LogP contribution in [-0.2, 0) is 4.74 Å². The Balaban J connectivity index is 1.19. The summed E-state index contributed by atoms with van der Waals surface area (Å²) in [6.45, 7) is 2.97. The van der Waals surface area contributed by atoms with Gasteiger partial charge in [-0.2, -0.15) is 10.2 Å². The fraction of sp³-hybridized carbons (Fsp3) is 0.357. The van der Waals surface area contributed by atoms with Gasteiger partial charge >= 0.3 is 0 Å². The lowest BCUT2D eigenvalue weighted by molar-refractivity contribution is 0.0662. The summed E-state index contributed by atoms with van der Waals surface area (Å²) in [7, 11) is 0. The zero-order chi connectivity index (χ0) is 26.9. The fourth-order valence-corrected chi connectivity index (χ4v) is 5.45. The highest BCUT2D eigenvalue weighted by Gasteiger charge is 2.23. The van der Waals surface area contributed by atoms with E-state index in [0.29, 0.717) is 30.0 Å². The summed E-state index contributed by atoms with van der Waals surface area (Å²) in [4.78, 5) is 20.4. The molecule has 204 valence electrons. The molecule has 12 heteroatoms. The van der Waals surface area contributed by atoms with Crippen LogP contribution in [-0.4, -0.2) is 76.8 Å². The molecule has 0 bridgehead atoms. The smallest absolute Gasteiger partial charge is 0.161 e. The van der Waals surface area contributed by atoms with E-state index in [0.717, 1.165) is 73.5 Å². The Morgan fingerprint density at radius 1 is 0.950 bits per heavy atom. The van der Waals surface area contributed by atoms with Crippen LogP contribution in [0.25, 0.3) is 28.2 Å².